The minimum absolute atomic E-state index is 0.0363. The van der Waals surface area contributed by atoms with E-state index >= 15 is 0 Å². The maximum Gasteiger partial charge on any atom is 0.254 e. The van der Waals surface area contributed by atoms with Gasteiger partial charge in [0.2, 0.25) is 5.91 Å². The van der Waals surface area contributed by atoms with Crippen molar-refractivity contribution in [2.24, 2.45) is 5.92 Å². The summed E-state index contributed by atoms with van der Waals surface area (Å²) in [7, 11) is 3.23. The number of carbonyl (C=O) groups is 2. The van der Waals surface area contributed by atoms with E-state index in [1.54, 1.807) is 37.3 Å². The van der Waals surface area contributed by atoms with Crippen molar-refractivity contribution in [3.63, 3.8) is 0 Å². The Balaban J connectivity index is 1.60. The molecular formula is C27H28N2O4. The molecule has 33 heavy (non-hydrogen) atoms. The number of methoxy groups -OCH3 is 2. The number of amides is 2. The Morgan fingerprint density at radius 1 is 0.970 bits per heavy atom. The molecule has 0 spiro atoms. The Morgan fingerprint density at radius 2 is 1.73 bits per heavy atom. The number of benzene rings is 3. The quantitative estimate of drug-likeness (QED) is 0.628. The van der Waals surface area contributed by atoms with Crippen molar-refractivity contribution in [3.8, 4) is 22.6 Å². The van der Waals surface area contributed by atoms with Gasteiger partial charge in [-0.2, -0.15) is 0 Å². The summed E-state index contributed by atoms with van der Waals surface area (Å²) in [5, 5.41) is 2.97. The fourth-order valence-corrected chi connectivity index (χ4v) is 4.27. The van der Waals surface area contributed by atoms with Gasteiger partial charge in [0, 0.05) is 30.8 Å². The molecule has 0 bridgehead atoms. The second-order valence-corrected chi connectivity index (χ2v) is 8.03. The average Bonchev–Trinajstić information content (AvgIpc) is 3.05. The summed E-state index contributed by atoms with van der Waals surface area (Å²) in [6, 6.07) is 23.0. The number of ether oxygens (including phenoxy) is 2. The molecule has 0 radical (unpaired) electrons. The number of para-hydroxylation sites is 1. The highest BCUT2D eigenvalue weighted by molar-refractivity contribution is 5.95. The molecule has 0 aliphatic carbocycles. The molecule has 3 aromatic carbocycles. The summed E-state index contributed by atoms with van der Waals surface area (Å²) in [6.07, 6.45) is 0.516. The molecule has 6 heteroatoms. The van der Waals surface area contributed by atoms with Crippen molar-refractivity contribution in [2.45, 2.75) is 6.42 Å². The highest BCUT2D eigenvalue weighted by Crippen LogP contribution is 2.33. The van der Waals surface area contributed by atoms with Crippen molar-refractivity contribution in [1.82, 2.24) is 10.2 Å². The number of nitrogens with zero attached hydrogens (tertiary/aromatic N) is 1. The van der Waals surface area contributed by atoms with Gasteiger partial charge in [0.15, 0.2) is 0 Å². The normalized spacial score (nSPS) is 16.0. The zero-order chi connectivity index (χ0) is 23.2. The van der Waals surface area contributed by atoms with E-state index in [9.17, 15) is 9.59 Å². The molecule has 0 saturated carbocycles. The van der Waals surface area contributed by atoms with Gasteiger partial charge in [-0.3, -0.25) is 9.59 Å². The van der Waals surface area contributed by atoms with E-state index in [0.29, 0.717) is 37.4 Å². The SMILES string of the molecule is COc1cccc(C(=O)N2CCNC(=O)[C@@H](Cc3ccccc3-c3ccccc3OC)C2)c1. The number of rotatable bonds is 6. The Hall–Kier alpha value is -3.80. The maximum atomic E-state index is 13.2. The van der Waals surface area contributed by atoms with Crippen molar-refractivity contribution >= 4 is 11.8 Å². The van der Waals surface area contributed by atoms with Gasteiger partial charge >= 0.3 is 0 Å². The second-order valence-electron chi connectivity index (χ2n) is 8.03. The van der Waals surface area contributed by atoms with E-state index in [1.165, 1.54) is 0 Å². The molecule has 1 atom stereocenters. The van der Waals surface area contributed by atoms with Gasteiger partial charge in [-0.15, -0.1) is 0 Å². The predicted octanol–water partition coefficient (Wildman–Crippen LogP) is 3.80. The first-order valence-corrected chi connectivity index (χ1v) is 11.0. The van der Waals surface area contributed by atoms with Crippen LogP contribution in [0.15, 0.2) is 72.8 Å². The number of nitrogens with one attached hydrogen (secondary N) is 1. The first kappa shape index (κ1) is 22.4. The van der Waals surface area contributed by atoms with Crippen LogP contribution < -0.4 is 14.8 Å². The van der Waals surface area contributed by atoms with Crippen LogP contribution in [0, 0.1) is 5.92 Å². The van der Waals surface area contributed by atoms with Crippen molar-refractivity contribution in [2.75, 3.05) is 33.9 Å². The molecule has 2 amide bonds. The largest absolute Gasteiger partial charge is 0.497 e. The molecule has 1 fully saturated rings. The number of carbonyl (C=O) groups excluding carboxylic acids is 2. The summed E-state index contributed by atoms with van der Waals surface area (Å²) in [4.78, 5) is 27.9. The van der Waals surface area contributed by atoms with E-state index in [1.807, 2.05) is 54.6 Å². The van der Waals surface area contributed by atoms with Crippen LogP contribution in [0.3, 0.4) is 0 Å². The molecule has 0 unspecified atom stereocenters. The summed E-state index contributed by atoms with van der Waals surface area (Å²) in [6.45, 7) is 1.24. The van der Waals surface area contributed by atoms with Crippen LogP contribution in [-0.4, -0.2) is 50.6 Å². The number of hydrogen-bond acceptors (Lipinski definition) is 4. The Morgan fingerprint density at radius 3 is 2.52 bits per heavy atom. The molecule has 1 heterocycles. The van der Waals surface area contributed by atoms with Crippen molar-refractivity contribution in [1.29, 1.82) is 0 Å². The van der Waals surface area contributed by atoms with E-state index in [0.717, 1.165) is 22.4 Å². The van der Waals surface area contributed by atoms with Crippen LogP contribution in [-0.2, 0) is 11.2 Å². The van der Waals surface area contributed by atoms with Gasteiger partial charge in [-0.05, 0) is 41.8 Å². The third-order valence-electron chi connectivity index (χ3n) is 5.98. The molecule has 1 N–H and O–H groups in total. The van der Waals surface area contributed by atoms with Crippen LogP contribution in [0.4, 0.5) is 0 Å². The maximum absolute atomic E-state index is 13.2. The van der Waals surface area contributed by atoms with Gasteiger partial charge in [-0.1, -0.05) is 48.5 Å². The van der Waals surface area contributed by atoms with E-state index < -0.39 is 0 Å². The van der Waals surface area contributed by atoms with Gasteiger partial charge in [0.1, 0.15) is 11.5 Å². The molecule has 170 valence electrons. The van der Waals surface area contributed by atoms with Gasteiger partial charge in [0.05, 0.1) is 20.1 Å². The Bertz CT molecular complexity index is 1140. The van der Waals surface area contributed by atoms with Crippen LogP contribution in [0.5, 0.6) is 11.5 Å². The lowest BCUT2D eigenvalue weighted by Gasteiger charge is -2.24. The lowest BCUT2D eigenvalue weighted by Crippen LogP contribution is -2.37. The van der Waals surface area contributed by atoms with E-state index in [4.69, 9.17) is 9.47 Å². The number of hydrogen-bond donors (Lipinski definition) is 1. The molecule has 4 rings (SSSR count). The lowest BCUT2D eigenvalue weighted by atomic mass is 9.91. The molecule has 1 aliphatic heterocycles. The van der Waals surface area contributed by atoms with Crippen molar-refractivity contribution < 1.29 is 19.1 Å². The molecule has 0 aromatic heterocycles. The lowest BCUT2D eigenvalue weighted by molar-refractivity contribution is -0.124. The summed E-state index contributed by atoms with van der Waals surface area (Å²) < 4.78 is 10.8. The monoisotopic (exact) mass is 444 g/mol. The topological polar surface area (TPSA) is 67.9 Å². The molecule has 6 nitrogen and oxygen atoms in total. The standard InChI is InChI=1S/C27H28N2O4/c1-32-22-10-7-9-20(17-22)27(31)29-15-14-28-26(30)21(18-29)16-19-8-3-4-11-23(19)24-12-5-6-13-25(24)33-2/h3-13,17,21H,14-16,18H2,1-2H3,(H,28,30)/t21-/m0/s1. The van der Waals surface area contributed by atoms with Crippen LogP contribution in [0.25, 0.3) is 11.1 Å². The van der Waals surface area contributed by atoms with Crippen molar-refractivity contribution in [3.05, 3.63) is 83.9 Å². The third-order valence-corrected chi connectivity index (χ3v) is 5.98. The van der Waals surface area contributed by atoms with Crippen LogP contribution in [0.2, 0.25) is 0 Å². The summed E-state index contributed by atoms with van der Waals surface area (Å²) in [5.74, 6) is 0.911. The van der Waals surface area contributed by atoms with Gasteiger partial charge in [0.25, 0.3) is 5.91 Å². The fourth-order valence-electron chi connectivity index (χ4n) is 4.27. The zero-order valence-corrected chi connectivity index (χ0v) is 18.9. The predicted molar refractivity (Wildman–Crippen MR) is 128 cm³/mol. The second kappa shape index (κ2) is 10.2. The summed E-state index contributed by atoms with van der Waals surface area (Å²) >= 11 is 0. The third kappa shape index (κ3) is 5.00. The highest BCUT2D eigenvalue weighted by atomic mass is 16.5. The van der Waals surface area contributed by atoms with Gasteiger partial charge < -0.3 is 19.7 Å². The minimum Gasteiger partial charge on any atom is -0.497 e. The highest BCUT2D eigenvalue weighted by Gasteiger charge is 2.29. The first-order chi connectivity index (χ1) is 16.1. The average molecular weight is 445 g/mol. The van der Waals surface area contributed by atoms with E-state index in [-0.39, 0.29) is 17.7 Å². The van der Waals surface area contributed by atoms with Crippen LogP contribution >= 0.6 is 0 Å². The Labute approximate surface area is 194 Å². The molecule has 1 saturated heterocycles. The molecule has 3 aromatic rings. The zero-order valence-electron chi connectivity index (χ0n) is 18.9. The molecule has 1 aliphatic rings. The van der Waals surface area contributed by atoms with Gasteiger partial charge in [-0.25, -0.2) is 0 Å². The molecular weight excluding hydrogens is 416 g/mol. The fraction of sp³-hybridized carbons (Fsp3) is 0.259. The van der Waals surface area contributed by atoms with Crippen LogP contribution in [0.1, 0.15) is 15.9 Å². The smallest absolute Gasteiger partial charge is 0.254 e. The Kier molecular flexibility index (Phi) is 6.93. The summed E-state index contributed by atoms with van der Waals surface area (Å²) in [5.41, 5.74) is 3.60. The van der Waals surface area contributed by atoms with E-state index in [2.05, 4.69) is 5.32 Å². The minimum atomic E-state index is -0.363. The first-order valence-electron chi connectivity index (χ1n) is 11.0.